The van der Waals surface area contributed by atoms with Crippen molar-refractivity contribution in [2.24, 2.45) is 5.73 Å². The van der Waals surface area contributed by atoms with Gasteiger partial charge in [-0.05, 0) is 23.6 Å². The van der Waals surface area contributed by atoms with Crippen LogP contribution in [-0.4, -0.2) is 22.4 Å². The highest BCUT2D eigenvalue weighted by molar-refractivity contribution is 5.93. The van der Waals surface area contributed by atoms with Gasteiger partial charge in [0.15, 0.2) is 0 Å². The fourth-order valence-corrected chi connectivity index (χ4v) is 2.49. The Morgan fingerprint density at radius 1 is 1.37 bits per heavy atom. The Kier molecular flexibility index (Phi) is 3.05. The van der Waals surface area contributed by atoms with E-state index in [1.807, 2.05) is 12.1 Å². The predicted octanol–water partition coefficient (Wildman–Crippen LogP) is 1.38. The fraction of sp³-hybridized carbons (Fsp3) is 0.286. The highest BCUT2D eigenvalue weighted by Gasteiger charge is 2.19. The quantitative estimate of drug-likeness (QED) is 0.775. The van der Waals surface area contributed by atoms with Crippen LogP contribution in [0, 0.1) is 0 Å². The highest BCUT2D eigenvalue weighted by atomic mass is 16.1. The Morgan fingerprint density at radius 2 is 2.26 bits per heavy atom. The highest BCUT2D eigenvalue weighted by Crippen LogP contribution is 2.28. The maximum absolute atomic E-state index is 11.3. The van der Waals surface area contributed by atoms with E-state index in [1.165, 1.54) is 5.56 Å². The van der Waals surface area contributed by atoms with Crippen LogP contribution in [0.2, 0.25) is 0 Å². The molecule has 0 aliphatic carbocycles. The molecule has 0 fully saturated rings. The Balaban J connectivity index is 1.95. The number of carbonyl (C=O) groups is 1. The Hall–Kier alpha value is -2.14. The zero-order chi connectivity index (χ0) is 13.2. The fourth-order valence-electron chi connectivity index (χ4n) is 2.49. The van der Waals surface area contributed by atoms with E-state index in [0.29, 0.717) is 13.0 Å². The van der Waals surface area contributed by atoms with E-state index in [-0.39, 0.29) is 11.8 Å². The number of nitrogens with two attached hydrogens (primary N) is 1. The SMILES string of the molecule is NCC(c1ccc2c(c1)CCC(=O)N2)c1ncc[nH]1. The summed E-state index contributed by atoms with van der Waals surface area (Å²) in [6, 6.07) is 6.08. The molecule has 19 heavy (non-hydrogen) atoms. The lowest BCUT2D eigenvalue weighted by molar-refractivity contribution is -0.116. The smallest absolute Gasteiger partial charge is 0.224 e. The molecule has 0 saturated carbocycles. The van der Waals surface area contributed by atoms with Gasteiger partial charge in [-0.3, -0.25) is 4.79 Å². The van der Waals surface area contributed by atoms with Gasteiger partial charge in [-0.25, -0.2) is 4.98 Å². The van der Waals surface area contributed by atoms with Crippen LogP contribution in [0.3, 0.4) is 0 Å². The normalized spacial score (nSPS) is 15.7. The Morgan fingerprint density at radius 3 is 3.00 bits per heavy atom. The molecule has 1 amide bonds. The summed E-state index contributed by atoms with van der Waals surface area (Å²) in [6.45, 7) is 0.499. The summed E-state index contributed by atoms with van der Waals surface area (Å²) >= 11 is 0. The topological polar surface area (TPSA) is 83.8 Å². The molecule has 0 bridgehead atoms. The third-order valence-electron chi connectivity index (χ3n) is 3.51. The largest absolute Gasteiger partial charge is 0.348 e. The van der Waals surface area contributed by atoms with Crippen molar-refractivity contribution in [3.8, 4) is 0 Å². The van der Waals surface area contributed by atoms with Crippen molar-refractivity contribution in [2.75, 3.05) is 11.9 Å². The summed E-state index contributed by atoms with van der Waals surface area (Å²) in [4.78, 5) is 18.7. The van der Waals surface area contributed by atoms with E-state index in [0.717, 1.165) is 23.5 Å². The van der Waals surface area contributed by atoms with Crippen molar-refractivity contribution in [3.63, 3.8) is 0 Å². The van der Waals surface area contributed by atoms with Crippen LogP contribution in [0.1, 0.15) is 29.3 Å². The third-order valence-corrected chi connectivity index (χ3v) is 3.51. The zero-order valence-corrected chi connectivity index (χ0v) is 10.5. The van der Waals surface area contributed by atoms with Gasteiger partial charge in [-0.2, -0.15) is 0 Å². The molecule has 1 aliphatic rings. The van der Waals surface area contributed by atoms with Gasteiger partial charge >= 0.3 is 0 Å². The van der Waals surface area contributed by atoms with Gasteiger partial charge in [-0.15, -0.1) is 0 Å². The van der Waals surface area contributed by atoms with Gasteiger partial charge in [-0.1, -0.05) is 12.1 Å². The van der Waals surface area contributed by atoms with Gasteiger partial charge in [0, 0.05) is 31.0 Å². The number of aromatic nitrogens is 2. The minimum Gasteiger partial charge on any atom is -0.348 e. The number of fused-ring (bicyclic) bond motifs is 1. The summed E-state index contributed by atoms with van der Waals surface area (Å²) in [5, 5.41) is 2.89. The Bertz CT molecular complexity index is 591. The molecule has 4 N–H and O–H groups in total. The number of carbonyl (C=O) groups excluding carboxylic acids is 1. The van der Waals surface area contributed by atoms with E-state index in [1.54, 1.807) is 12.4 Å². The van der Waals surface area contributed by atoms with Crippen LogP contribution in [0.5, 0.6) is 0 Å². The first-order valence-corrected chi connectivity index (χ1v) is 6.40. The second kappa shape index (κ2) is 4.85. The molecule has 0 spiro atoms. The molecule has 1 unspecified atom stereocenters. The van der Waals surface area contributed by atoms with Gasteiger partial charge in [0.25, 0.3) is 0 Å². The van der Waals surface area contributed by atoms with Gasteiger partial charge in [0.1, 0.15) is 5.82 Å². The number of H-pyrrole nitrogens is 1. The molecule has 5 nitrogen and oxygen atoms in total. The molecule has 98 valence electrons. The minimum atomic E-state index is 0.0675. The number of aromatic amines is 1. The van der Waals surface area contributed by atoms with Crippen LogP contribution in [0.15, 0.2) is 30.6 Å². The van der Waals surface area contributed by atoms with Crippen molar-refractivity contribution >= 4 is 11.6 Å². The molecule has 3 rings (SSSR count). The molecular formula is C14H16N4O. The first kappa shape index (κ1) is 11.9. The Labute approximate surface area is 111 Å². The standard InChI is InChI=1S/C14H16N4O/c15-8-11(14-16-5-6-17-14)9-1-3-12-10(7-9)2-4-13(19)18-12/h1,3,5-7,11H,2,4,8,15H2,(H,16,17)(H,18,19). The average molecular weight is 256 g/mol. The molecule has 2 heterocycles. The number of anilines is 1. The summed E-state index contributed by atoms with van der Waals surface area (Å²) in [5.74, 6) is 1.03. The molecule has 1 aromatic carbocycles. The number of benzene rings is 1. The molecule has 0 saturated heterocycles. The summed E-state index contributed by atoms with van der Waals surface area (Å²) < 4.78 is 0. The molecule has 5 heteroatoms. The number of nitrogens with one attached hydrogen (secondary N) is 2. The second-order valence-corrected chi connectivity index (χ2v) is 4.73. The molecule has 1 aliphatic heterocycles. The lowest BCUT2D eigenvalue weighted by atomic mass is 9.93. The first-order chi connectivity index (χ1) is 9.28. The van der Waals surface area contributed by atoms with Crippen molar-refractivity contribution < 1.29 is 4.79 Å². The summed E-state index contributed by atoms with van der Waals surface area (Å²) in [5.41, 5.74) is 9.08. The minimum absolute atomic E-state index is 0.0675. The lowest BCUT2D eigenvalue weighted by Gasteiger charge is -2.20. The molecular weight excluding hydrogens is 240 g/mol. The van der Waals surface area contributed by atoms with Crippen LogP contribution in [-0.2, 0) is 11.2 Å². The number of hydrogen-bond donors (Lipinski definition) is 3. The summed E-state index contributed by atoms with van der Waals surface area (Å²) in [6.07, 6.45) is 4.86. The molecule has 0 radical (unpaired) electrons. The van der Waals surface area contributed by atoms with Crippen LogP contribution < -0.4 is 11.1 Å². The van der Waals surface area contributed by atoms with Crippen LogP contribution >= 0.6 is 0 Å². The molecule has 1 atom stereocenters. The maximum Gasteiger partial charge on any atom is 0.224 e. The third kappa shape index (κ3) is 2.24. The van der Waals surface area contributed by atoms with E-state index < -0.39 is 0 Å². The monoisotopic (exact) mass is 256 g/mol. The lowest BCUT2D eigenvalue weighted by Crippen LogP contribution is -2.20. The maximum atomic E-state index is 11.3. The number of aryl methyl sites for hydroxylation is 1. The number of rotatable bonds is 3. The van der Waals surface area contributed by atoms with Gasteiger partial charge in [0.05, 0.1) is 5.92 Å². The predicted molar refractivity (Wildman–Crippen MR) is 72.9 cm³/mol. The van der Waals surface area contributed by atoms with Crippen molar-refractivity contribution in [2.45, 2.75) is 18.8 Å². The molecule has 2 aromatic rings. The number of imidazole rings is 1. The van der Waals surface area contributed by atoms with Crippen molar-refractivity contribution in [1.82, 2.24) is 9.97 Å². The van der Waals surface area contributed by atoms with Crippen molar-refractivity contribution in [1.29, 1.82) is 0 Å². The van der Waals surface area contributed by atoms with E-state index in [9.17, 15) is 4.79 Å². The molecule has 1 aromatic heterocycles. The van der Waals surface area contributed by atoms with E-state index in [2.05, 4.69) is 21.4 Å². The first-order valence-electron chi connectivity index (χ1n) is 6.40. The second-order valence-electron chi connectivity index (χ2n) is 4.73. The van der Waals surface area contributed by atoms with Crippen LogP contribution in [0.25, 0.3) is 0 Å². The van der Waals surface area contributed by atoms with Crippen LogP contribution in [0.4, 0.5) is 5.69 Å². The van der Waals surface area contributed by atoms with E-state index in [4.69, 9.17) is 5.73 Å². The van der Waals surface area contributed by atoms with E-state index >= 15 is 0 Å². The van der Waals surface area contributed by atoms with Gasteiger partial charge in [0.2, 0.25) is 5.91 Å². The average Bonchev–Trinajstić information content (AvgIpc) is 2.93. The van der Waals surface area contributed by atoms with Crippen molar-refractivity contribution in [3.05, 3.63) is 47.5 Å². The zero-order valence-electron chi connectivity index (χ0n) is 10.5. The number of hydrogen-bond acceptors (Lipinski definition) is 3. The summed E-state index contributed by atoms with van der Waals surface area (Å²) in [7, 11) is 0. The number of amides is 1. The van der Waals surface area contributed by atoms with Gasteiger partial charge < -0.3 is 16.0 Å². The number of nitrogens with zero attached hydrogens (tertiary/aromatic N) is 1.